The minimum Gasteiger partial charge on any atom is -0.346 e. The summed E-state index contributed by atoms with van der Waals surface area (Å²) in [6.45, 7) is 5.84. The molecule has 3 rings (SSSR count). The molecule has 0 fully saturated rings. The van der Waals surface area contributed by atoms with Crippen LogP contribution < -0.4 is 5.32 Å². The van der Waals surface area contributed by atoms with Crippen LogP contribution >= 0.6 is 11.6 Å². The number of hydrogen-bond acceptors (Lipinski definition) is 5. The minimum absolute atomic E-state index is 0.200. The highest BCUT2D eigenvalue weighted by Crippen LogP contribution is 2.24. The van der Waals surface area contributed by atoms with E-state index in [0.717, 1.165) is 11.3 Å². The van der Waals surface area contributed by atoms with Crippen molar-refractivity contribution in [1.29, 1.82) is 10.5 Å². The molecule has 1 aromatic carbocycles. The molecule has 0 saturated heterocycles. The van der Waals surface area contributed by atoms with Gasteiger partial charge in [-0.3, -0.25) is 9.48 Å². The maximum atomic E-state index is 12.5. The SMILES string of the molecule is Cc1nc(C(=O)N[C@@H](C)Cn2ccc(-c3ccc(C#N)c(Cl)c3)n2)cn1C(C)C#N. The van der Waals surface area contributed by atoms with E-state index < -0.39 is 6.04 Å². The molecule has 8 nitrogen and oxygen atoms in total. The van der Waals surface area contributed by atoms with Crippen LogP contribution in [-0.2, 0) is 6.54 Å². The lowest BCUT2D eigenvalue weighted by molar-refractivity contribution is 0.0931. The Labute approximate surface area is 179 Å². The number of nitriles is 2. The first-order chi connectivity index (χ1) is 14.3. The van der Waals surface area contributed by atoms with Crippen LogP contribution in [0.2, 0.25) is 5.02 Å². The van der Waals surface area contributed by atoms with E-state index in [1.54, 1.807) is 47.5 Å². The van der Waals surface area contributed by atoms with Crippen molar-refractivity contribution in [3.05, 3.63) is 58.8 Å². The Morgan fingerprint density at radius 3 is 2.73 bits per heavy atom. The third-order valence-corrected chi connectivity index (χ3v) is 4.93. The van der Waals surface area contributed by atoms with Crippen molar-refractivity contribution in [3.8, 4) is 23.4 Å². The van der Waals surface area contributed by atoms with Gasteiger partial charge in [-0.25, -0.2) is 4.98 Å². The van der Waals surface area contributed by atoms with E-state index in [1.807, 2.05) is 25.3 Å². The van der Waals surface area contributed by atoms with Gasteiger partial charge in [-0.1, -0.05) is 17.7 Å². The second-order valence-corrected chi connectivity index (χ2v) is 7.40. The third-order valence-electron chi connectivity index (χ3n) is 4.62. The molecule has 0 aliphatic rings. The van der Waals surface area contributed by atoms with Crippen LogP contribution in [0.3, 0.4) is 0 Å². The topological polar surface area (TPSA) is 112 Å². The predicted molar refractivity (Wildman–Crippen MR) is 112 cm³/mol. The number of aryl methyl sites for hydroxylation is 1. The second-order valence-electron chi connectivity index (χ2n) is 6.99. The van der Waals surface area contributed by atoms with Crippen LogP contribution in [-0.4, -0.2) is 31.3 Å². The first-order valence-electron chi connectivity index (χ1n) is 9.31. The fourth-order valence-electron chi connectivity index (χ4n) is 3.06. The minimum atomic E-state index is -0.394. The Morgan fingerprint density at radius 2 is 2.07 bits per heavy atom. The molecule has 1 amide bonds. The average molecular weight is 422 g/mol. The highest BCUT2D eigenvalue weighted by atomic mass is 35.5. The monoisotopic (exact) mass is 421 g/mol. The van der Waals surface area contributed by atoms with E-state index in [-0.39, 0.29) is 17.6 Å². The van der Waals surface area contributed by atoms with Gasteiger partial charge < -0.3 is 9.88 Å². The normalized spacial score (nSPS) is 12.6. The summed E-state index contributed by atoms with van der Waals surface area (Å²) in [5, 5.41) is 25.8. The Bertz CT molecular complexity index is 1160. The predicted octanol–water partition coefficient (Wildman–Crippen LogP) is 3.48. The molecule has 0 aliphatic carbocycles. The molecule has 0 aliphatic heterocycles. The maximum Gasteiger partial charge on any atom is 0.271 e. The van der Waals surface area contributed by atoms with Gasteiger partial charge in [-0.05, 0) is 39.0 Å². The van der Waals surface area contributed by atoms with Gasteiger partial charge in [0.25, 0.3) is 5.91 Å². The van der Waals surface area contributed by atoms with Crippen LogP contribution in [0.1, 0.15) is 41.8 Å². The van der Waals surface area contributed by atoms with Gasteiger partial charge >= 0.3 is 0 Å². The number of carbonyl (C=O) groups is 1. The lowest BCUT2D eigenvalue weighted by Crippen LogP contribution is -2.36. The van der Waals surface area contributed by atoms with E-state index in [4.69, 9.17) is 22.1 Å². The highest BCUT2D eigenvalue weighted by Gasteiger charge is 2.17. The first kappa shape index (κ1) is 21.1. The molecule has 152 valence electrons. The zero-order valence-electron chi connectivity index (χ0n) is 16.8. The smallest absolute Gasteiger partial charge is 0.271 e. The molecule has 0 saturated carbocycles. The van der Waals surface area contributed by atoms with Gasteiger partial charge in [0, 0.05) is 24.0 Å². The maximum absolute atomic E-state index is 12.5. The van der Waals surface area contributed by atoms with Crippen molar-refractivity contribution in [1.82, 2.24) is 24.6 Å². The molecule has 0 radical (unpaired) electrons. The number of aromatic nitrogens is 4. The molecule has 3 aromatic rings. The van der Waals surface area contributed by atoms with Gasteiger partial charge in [-0.15, -0.1) is 0 Å². The van der Waals surface area contributed by atoms with Gasteiger partial charge in [0.2, 0.25) is 0 Å². The second kappa shape index (κ2) is 8.81. The number of hydrogen-bond donors (Lipinski definition) is 1. The molecule has 9 heteroatoms. The van der Waals surface area contributed by atoms with E-state index in [0.29, 0.717) is 23.0 Å². The number of imidazole rings is 1. The van der Waals surface area contributed by atoms with E-state index >= 15 is 0 Å². The summed E-state index contributed by atoms with van der Waals surface area (Å²) in [6, 6.07) is 10.6. The number of carbonyl (C=O) groups excluding carboxylic acids is 1. The number of rotatable bonds is 6. The van der Waals surface area contributed by atoms with Crippen LogP contribution in [0.5, 0.6) is 0 Å². The lowest BCUT2D eigenvalue weighted by Gasteiger charge is -2.13. The van der Waals surface area contributed by atoms with Crippen molar-refractivity contribution in [2.75, 3.05) is 0 Å². The quantitative estimate of drug-likeness (QED) is 0.654. The molecule has 2 atom stereocenters. The van der Waals surface area contributed by atoms with Gasteiger partial charge in [-0.2, -0.15) is 15.6 Å². The van der Waals surface area contributed by atoms with E-state index in [2.05, 4.69) is 21.5 Å². The fourth-order valence-corrected chi connectivity index (χ4v) is 3.28. The van der Waals surface area contributed by atoms with Crippen LogP contribution in [0.25, 0.3) is 11.3 Å². The molecule has 1 N–H and O–H groups in total. The summed E-state index contributed by atoms with van der Waals surface area (Å²) < 4.78 is 3.40. The van der Waals surface area contributed by atoms with Gasteiger partial charge in [0.15, 0.2) is 0 Å². The number of nitrogens with one attached hydrogen (secondary N) is 1. The van der Waals surface area contributed by atoms with Gasteiger partial charge in [0.1, 0.15) is 23.6 Å². The Balaban J connectivity index is 1.65. The number of halogens is 1. The summed E-state index contributed by atoms with van der Waals surface area (Å²) in [4.78, 5) is 16.8. The Morgan fingerprint density at radius 1 is 1.30 bits per heavy atom. The summed E-state index contributed by atoms with van der Waals surface area (Å²) >= 11 is 6.10. The molecule has 2 heterocycles. The zero-order chi connectivity index (χ0) is 21.8. The largest absolute Gasteiger partial charge is 0.346 e. The zero-order valence-corrected chi connectivity index (χ0v) is 17.6. The summed E-state index contributed by atoms with van der Waals surface area (Å²) in [5.41, 5.74) is 2.22. The van der Waals surface area contributed by atoms with Gasteiger partial charge in [0.05, 0.1) is 28.9 Å². The van der Waals surface area contributed by atoms with Crippen molar-refractivity contribution >= 4 is 17.5 Å². The van der Waals surface area contributed by atoms with Crippen molar-refractivity contribution < 1.29 is 4.79 Å². The lowest BCUT2D eigenvalue weighted by atomic mass is 10.1. The van der Waals surface area contributed by atoms with Crippen LogP contribution in [0.4, 0.5) is 0 Å². The first-order valence-corrected chi connectivity index (χ1v) is 9.69. The standard InChI is InChI=1S/C21H20ClN7O/c1-13(25-21(30)20-12-29(14(2)9-23)15(3)26-20)11-28-7-6-19(27-28)16-4-5-17(10-24)18(22)8-16/h4-8,12-14H,11H2,1-3H3,(H,25,30)/t13-,14?/m0/s1. The number of amides is 1. The van der Waals surface area contributed by atoms with Crippen LogP contribution in [0.15, 0.2) is 36.7 Å². The highest BCUT2D eigenvalue weighted by molar-refractivity contribution is 6.32. The molecule has 2 aromatic heterocycles. The Kier molecular flexibility index (Phi) is 6.20. The number of nitrogens with zero attached hydrogens (tertiary/aromatic N) is 6. The van der Waals surface area contributed by atoms with Crippen molar-refractivity contribution in [3.63, 3.8) is 0 Å². The Hall–Kier alpha value is -3.62. The number of benzene rings is 1. The summed E-state index contributed by atoms with van der Waals surface area (Å²) in [6.07, 6.45) is 3.41. The van der Waals surface area contributed by atoms with Crippen molar-refractivity contribution in [2.45, 2.75) is 39.4 Å². The molecule has 0 spiro atoms. The summed E-state index contributed by atoms with van der Waals surface area (Å²) in [5.74, 6) is 0.306. The molecule has 0 bridgehead atoms. The fraction of sp³-hybridized carbons (Fsp3) is 0.286. The molecule has 1 unspecified atom stereocenters. The summed E-state index contributed by atoms with van der Waals surface area (Å²) in [7, 11) is 0. The molecular weight excluding hydrogens is 402 g/mol. The van der Waals surface area contributed by atoms with Crippen LogP contribution in [0, 0.1) is 29.6 Å². The molecule has 30 heavy (non-hydrogen) atoms. The third kappa shape index (κ3) is 4.51. The van der Waals surface area contributed by atoms with E-state index in [9.17, 15) is 4.79 Å². The molecular formula is C21H20ClN7O. The average Bonchev–Trinajstić information content (AvgIpc) is 3.34. The van der Waals surface area contributed by atoms with E-state index in [1.165, 1.54) is 0 Å². The van der Waals surface area contributed by atoms with Crippen molar-refractivity contribution in [2.24, 2.45) is 0 Å².